The molecule has 8 heteroatoms. The van der Waals surface area contributed by atoms with E-state index >= 15 is 0 Å². The van der Waals surface area contributed by atoms with Gasteiger partial charge < -0.3 is 15.4 Å². The van der Waals surface area contributed by atoms with E-state index in [1.165, 1.54) is 0 Å². The van der Waals surface area contributed by atoms with E-state index < -0.39 is 6.03 Å². The number of benzene rings is 3. The Hall–Kier alpha value is -5.76. The van der Waals surface area contributed by atoms with Gasteiger partial charge in [0.05, 0.1) is 6.61 Å². The van der Waals surface area contributed by atoms with Gasteiger partial charge in [-0.25, -0.2) is 9.78 Å². The minimum atomic E-state index is -0.486. The Labute approximate surface area is 293 Å². The van der Waals surface area contributed by atoms with E-state index in [4.69, 9.17) is 9.72 Å². The molecule has 3 aromatic carbocycles. The number of hydrogen-bond donors (Lipinski definition) is 2. The lowest BCUT2D eigenvalue weighted by atomic mass is 9.93. The van der Waals surface area contributed by atoms with Gasteiger partial charge >= 0.3 is 6.03 Å². The number of rotatable bonds is 12. The van der Waals surface area contributed by atoms with Gasteiger partial charge in [0.15, 0.2) is 0 Å². The third-order valence-electron chi connectivity index (χ3n) is 8.84. The van der Waals surface area contributed by atoms with E-state index in [0.29, 0.717) is 43.0 Å². The van der Waals surface area contributed by atoms with Crippen LogP contribution in [0, 0.1) is 0 Å². The van der Waals surface area contributed by atoms with Crippen LogP contribution < -0.4 is 20.9 Å². The van der Waals surface area contributed by atoms with Crippen LogP contribution in [-0.2, 0) is 19.4 Å². The lowest BCUT2D eigenvalue weighted by molar-refractivity contribution is 0.262. The summed E-state index contributed by atoms with van der Waals surface area (Å²) in [5.74, 6) is 1.02. The lowest BCUT2D eigenvalue weighted by Crippen LogP contribution is -2.30. The first-order valence-electron chi connectivity index (χ1n) is 17.2. The molecular formula is C42H43N5O3. The van der Waals surface area contributed by atoms with Crippen molar-refractivity contribution in [2.24, 2.45) is 0 Å². The molecule has 0 aliphatic heterocycles. The maximum atomic E-state index is 14.6. The van der Waals surface area contributed by atoms with Crippen molar-refractivity contribution in [1.29, 1.82) is 0 Å². The number of para-hydroxylation sites is 1. The minimum absolute atomic E-state index is 0.177. The Morgan fingerprint density at radius 3 is 2.18 bits per heavy atom. The number of carbonyl (C=O) groups excluding carboxylic acids is 1. The number of nitrogens with one attached hydrogen (secondary N) is 2. The molecule has 8 nitrogen and oxygen atoms in total. The molecule has 0 radical (unpaired) electrons. The summed E-state index contributed by atoms with van der Waals surface area (Å²) in [6.07, 6.45) is 6.60. The predicted molar refractivity (Wildman–Crippen MR) is 202 cm³/mol. The van der Waals surface area contributed by atoms with Crippen LogP contribution in [-0.4, -0.2) is 27.2 Å². The fraction of sp³-hybridized carbons (Fsp3) is 0.238. The molecule has 0 saturated carbocycles. The summed E-state index contributed by atoms with van der Waals surface area (Å²) in [6, 6.07) is 31.0. The summed E-state index contributed by atoms with van der Waals surface area (Å²) >= 11 is 0. The highest BCUT2D eigenvalue weighted by atomic mass is 16.5. The molecule has 2 amide bonds. The summed E-state index contributed by atoms with van der Waals surface area (Å²) in [6.45, 7) is 9.27. The van der Waals surface area contributed by atoms with Crippen molar-refractivity contribution < 1.29 is 9.53 Å². The smallest absolute Gasteiger partial charge is 0.323 e. The van der Waals surface area contributed by atoms with Crippen molar-refractivity contribution in [1.82, 2.24) is 14.5 Å². The van der Waals surface area contributed by atoms with E-state index in [9.17, 15) is 9.59 Å². The monoisotopic (exact) mass is 665 g/mol. The van der Waals surface area contributed by atoms with Crippen LogP contribution in [0.4, 0.5) is 16.2 Å². The first-order chi connectivity index (χ1) is 24.3. The van der Waals surface area contributed by atoms with Gasteiger partial charge in [0.25, 0.3) is 5.56 Å². The fourth-order valence-corrected chi connectivity index (χ4v) is 6.32. The van der Waals surface area contributed by atoms with Crippen molar-refractivity contribution >= 4 is 28.4 Å². The second kappa shape index (κ2) is 15.6. The minimum Gasteiger partial charge on any atom is -0.493 e. The highest BCUT2D eigenvalue weighted by Crippen LogP contribution is 2.36. The molecular weight excluding hydrogens is 622 g/mol. The number of ether oxygens (including phenoxy) is 1. The van der Waals surface area contributed by atoms with Crippen LogP contribution in [0.1, 0.15) is 61.8 Å². The number of hydrogen-bond acceptors (Lipinski definition) is 5. The third-order valence-corrected chi connectivity index (χ3v) is 8.84. The van der Waals surface area contributed by atoms with Gasteiger partial charge in [-0.05, 0) is 76.4 Å². The van der Waals surface area contributed by atoms with Gasteiger partial charge in [0.1, 0.15) is 17.1 Å². The van der Waals surface area contributed by atoms with Crippen LogP contribution >= 0.6 is 0 Å². The molecule has 0 atom stereocenters. The average molecular weight is 666 g/mol. The molecule has 0 saturated heterocycles. The number of pyridine rings is 3. The van der Waals surface area contributed by atoms with Crippen LogP contribution in [0.5, 0.6) is 5.75 Å². The predicted octanol–water partition coefficient (Wildman–Crippen LogP) is 9.21. The highest BCUT2D eigenvalue weighted by molar-refractivity contribution is 6.07. The molecule has 2 N–H and O–H groups in total. The Balaban J connectivity index is 1.42. The largest absolute Gasteiger partial charge is 0.493 e. The van der Waals surface area contributed by atoms with Gasteiger partial charge in [0.2, 0.25) is 0 Å². The molecule has 0 aliphatic carbocycles. The number of nitrogens with zero attached hydrogens (tertiary/aromatic N) is 3. The number of urea groups is 1. The normalized spacial score (nSPS) is 11.2. The van der Waals surface area contributed by atoms with E-state index in [1.807, 2.05) is 103 Å². The standard InChI is InChI=1S/C42H43N5O3/c1-28(2)34-17-9-18-35(29(3)4)38(34)45-42(49)46-39-37(32-15-8-16-33(26-32)50-25-21-31-14-10-22-43-27-31)36-19-11-23-44-40(36)47(41(39)48)24-20-30-12-6-5-7-13-30/h5-19,22-23,26-29H,20-21,24-25H2,1-4H3,(H2,45,46,49). The maximum Gasteiger partial charge on any atom is 0.323 e. The molecule has 50 heavy (non-hydrogen) atoms. The lowest BCUT2D eigenvalue weighted by Gasteiger charge is -2.22. The Kier molecular flexibility index (Phi) is 10.7. The second-order valence-electron chi connectivity index (χ2n) is 13.0. The van der Waals surface area contributed by atoms with Crippen molar-refractivity contribution in [3.05, 3.63) is 148 Å². The Morgan fingerprint density at radius 1 is 0.760 bits per heavy atom. The zero-order chi connectivity index (χ0) is 35.0. The van der Waals surface area contributed by atoms with Crippen molar-refractivity contribution in [3.63, 3.8) is 0 Å². The first kappa shape index (κ1) is 34.1. The zero-order valence-corrected chi connectivity index (χ0v) is 29.0. The van der Waals surface area contributed by atoms with Crippen molar-refractivity contribution in [3.8, 4) is 16.9 Å². The Morgan fingerprint density at radius 2 is 1.46 bits per heavy atom. The number of fused-ring (bicyclic) bond motifs is 1. The van der Waals surface area contributed by atoms with Gasteiger partial charge in [-0.2, -0.15) is 0 Å². The average Bonchev–Trinajstić information content (AvgIpc) is 3.12. The molecule has 254 valence electrons. The molecule has 6 rings (SSSR count). The molecule has 3 heterocycles. The Bertz CT molecular complexity index is 2120. The molecule has 0 aliphatic rings. The summed E-state index contributed by atoms with van der Waals surface area (Å²) in [5.41, 5.74) is 6.73. The van der Waals surface area contributed by atoms with Gasteiger partial charge in [-0.3, -0.25) is 14.3 Å². The van der Waals surface area contributed by atoms with Crippen molar-refractivity contribution in [2.75, 3.05) is 17.2 Å². The second-order valence-corrected chi connectivity index (χ2v) is 13.0. The summed E-state index contributed by atoms with van der Waals surface area (Å²) in [4.78, 5) is 37.5. The van der Waals surface area contributed by atoms with Crippen molar-refractivity contribution in [2.45, 2.75) is 58.9 Å². The third kappa shape index (κ3) is 7.76. The summed E-state index contributed by atoms with van der Waals surface area (Å²) in [5, 5.41) is 6.89. The van der Waals surface area contributed by atoms with Crippen LogP contribution in [0.3, 0.4) is 0 Å². The molecule has 0 spiro atoms. The fourth-order valence-electron chi connectivity index (χ4n) is 6.32. The van der Waals surface area contributed by atoms with Gasteiger partial charge in [-0.1, -0.05) is 94.4 Å². The molecule has 3 aromatic heterocycles. The van der Waals surface area contributed by atoms with E-state index in [2.05, 4.69) is 43.3 Å². The van der Waals surface area contributed by atoms with Gasteiger partial charge in [0, 0.05) is 48.2 Å². The topological polar surface area (TPSA) is 98.1 Å². The SMILES string of the molecule is CC(C)c1cccc(C(C)C)c1NC(=O)Nc1c(-c2cccc(OCCc3cccnc3)c2)c2cccnc2n(CCc2ccccc2)c1=O. The number of aromatic nitrogens is 3. The molecule has 6 aromatic rings. The molecule has 0 unspecified atom stereocenters. The van der Waals surface area contributed by atoms with E-state index in [-0.39, 0.29) is 23.1 Å². The first-order valence-corrected chi connectivity index (χ1v) is 17.2. The molecule has 0 bridgehead atoms. The van der Waals surface area contributed by atoms with Crippen LogP contribution in [0.25, 0.3) is 22.2 Å². The summed E-state index contributed by atoms with van der Waals surface area (Å²) in [7, 11) is 0. The number of aryl methyl sites for hydroxylation is 2. The van der Waals surface area contributed by atoms with E-state index in [0.717, 1.165) is 38.9 Å². The number of carbonyl (C=O) groups is 1. The zero-order valence-electron chi connectivity index (χ0n) is 29.0. The van der Waals surface area contributed by atoms with Crippen LogP contribution in [0.2, 0.25) is 0 Å². The maximum absolute atomic E-state index is 14.6. The van der Waals surface area contributed by atoms with E-state index in [1.54, 1.807) is 17.0 Å². The quantitative estimate of drug-likeness (QED) is 0.136. The molecule has 0 fully saturated rings. The highest BCUT2D eigenvalue weighted by Gasteiger charge is 2.23. The van der Waals surface area contributed by atoms with Gasteiger partial charge in [-0.15, -0.1) is 0 Å². The van der Waals surface area contributed by atoms with Crippen LogP contribution in [0.15, 0.2) is 120 Å². The summed E-state index contributed by atoms with van der Waals surface area (Å²) < 4.78 is 7.83. The number of amides is 2. The number of anilines is 2.